The van der Waals surface area contributed by atoms with Crippen LogP contribution in [0.25, 0.3) is 0 Å². The van der Waals surface area contributed by atoms with Crippen molar-refractivity contribution in [3.05, 3.63) is 29.8 Å². The highest BCUT2D eigenvalue weighted by molar-refractivity contribution is 7.54. The fourth-order valence-electron chi connectivity index (χ4n) is 2.93. The third kappa shape index (κ3) is 8.37. The third-order valence-electron chi connectivity index (χ3n) is 4.46. The molecule has 1 amide bonds. The van der Waals surface area contributed by atoms with E-state index in [2.05, 4.69) is 6.92 Å². The van der Waals surface area contributed by atoms with Crippen LogP contribution in [0.3, 0.4) is 0 Å². The Morgan fingerprint density at radius 2 is 1.65 bits per heavy atom. The van der Waals surface area contributed by atoms with Crippen LogP contribution in [-0.4, -0.2) is 35.0 Å². The first-order valence-electron chi connectivity index (χ1n) is 9.80. The zero-order chi connectivity index (χ0) is 19.4. The molecule has 0 saturated carbocycles. The molecule has 0 saturated heterocycles. The molecule has 0 heterocycles. The lowest BCUT2D eigenvalue weighted by atomic mass is 10.0. The number of hydrogen-bond acceptors (Lipinski definition) is 3. The Balaban J connectivity index is 2.62. The van der Waals surface area contributed by atoms with E-state index in [1.54, 1.807) is 12.1 Å². The van der Waals surface area contributed by atoms with Gasteiger partial charge in [0.25, 0.3) is 0 Å². The van der Waals surface area contributed by atoms with Crippen LogP contribution in [0.4, 0.5) is 0 Å². The van der Waals surface area contributed by atoms with Crippen molar-refractivity contribution in [1.82, 2.24) is 4.90 Å². The molecule has 0 fully saturated rings. The van der Waals surface area contributed by atoms with E-state index in [0.29, 0.717) is 18.8 Å². The summed E-state index contributed by atoms with van der Waals surface area (Å²) in [5.74, 6) is 0.0634. The molecular weight excluding hydrogens is 349 g/mol. The minimum atomic E-state index is -4.02. The standard InChI is InChI=1S/C20H34NO4P/c1-4-7-8-9-10-11-14-18-15-12-13-16-19(18)25-26(23,24)17-20(22)21(5-2)6-3/h12-13,15-16H,4-11,14,17H2,1-3H3,(H,23,24). The van der Waals surface area contributed by atoms with Gasteiger partial charge in [0.15, 0.2) is 0 Å². The van der Waals surface area contributed by atoms with Gasteiger partial charge in [-0.1, -0.05) is 57.2 Å². The van der Waals surface area contributed by atoms with Gasteiger partial charge in [0, 0.05) is 13.1 Å². The molecule has 1 unspecified atom stereocenters. The van der Waals surface area contributed by atoms with E-state index in [-0.39, 0.29) is 5.91 Å². The van der Waals surface area contributed by atoms with Crippen molar-refractivity contribution < 1.29 is 18.8 Å². The Hall–Kier alpha value is -1.32. The van der Waals surface area contributed by atoms with Gasteiger partial charge in [0.2, 0.25) is 5.91 Å². The number of unbranched alkanes of at least 4 members (excludes halogenated alkanes) is 5. The van der Waals surface area contributed by atoms with E-state index in [9.17, 15) is 14.3 Å². The monoisotopic (exact) mass is 383 g/mol. The molecule has 0 bridgehead atoms. The lowest BCUT2D eigenvalue weighted by Gasteiger charge is -2.21. The van der Waals surface area contributed by atoms with E-state index in [1.165, 1.54) is 30.6 Å². The average molecular weight is 383 g/mol. The van der Waals surface area contributed by atoms with Crippen molar-refractivity contribution in [2.24, 2.45) is 0 Å². The highest BCUT2D eigenvalue weighted by Crippen LogP contribution is 2.44. The van der Waals surface area contributed by atoms with E-state index in [0.717, 1.165) is 24.8 Å². The van der Waals surface area contributed by atoms with Crippen LogP contribution in [-0.2, 0) is 15.8 Å². The van der Waals surface area contributed by atoms with Crippen LogP contribution in [0.1, 0.15) is 64.9 Å². The maximum Gasteiger partial charge on any atom is 0.386 e. The van der Waals surface area contributed by atoms with E-state index in [1.807, 2.05) is 26.0 Å². The SMILES string of the molecule is CCCCCCCCc1ccccc1OP(=O)(O)CC(=O)N(CC)CC. The number of hydrogen-bond donors (Lipinski definition) is 1. The van der Waals surface area contributed by atoms with E-state index in [4.69, 9.17) is 4.52 Å². The molecule has 1 N–H and O–H groups in total. The summed E-state index contributed by atoms with van der Waals surface area (Å²) in [6, 6.07) is 7.32. The van der Waals surface area contributed by atoms with Gasteiger partial charge in [-0.3, -0.25) is 4.79 Å². The molecule has 0 spiro atoms. The van der Waals surface area contributed by atoms with Crippen molar-refractivity contribution in [3.63, 3.8) is 0 Å². The summed E-state index contributed by atoms with van der Waals surface area (Å²) < 4.78 is 17.8. The van der Waals surface area contributed by atoms with Gasteiger partial charge in [-0.15, -0.1) is 0 Å². The zero-order valence-corrected chi connectivity index (χ0v) is 17.3. The summed E-state index contributed by atoms with van der Waals surface area (Å²) in [5, 5.41) is 0. The van der Waals surface area contributed by atoms with E-state index >= 15 is 0 Å². The molecule has 1 aromatic carbocycles. The zero-order valence-electron chi connectivity index (χ0n) is 16.4. The van der Waals surface area contributed by atoms with Crippen LogP contribution in [0, 0.1) is 0 Å². The van der Waals surface area contributed by atoms with Crippen molar-refractivity contribution in [2.75, 3.05) is 19.3 Å². The van der Waals surface area contributed by atoms with Crippen LogP contribution in [0.5, 0.6) is 5.75 Å². The predicted molar refractivity (Wildman–Crippen MR) is 107 cm³/mol. The maximum absolute atomic E-state index is 12.4. The molecule has 1 atom stereocenters. The van der Waals surface area contributed by atoms with Crippen LogP contribution in [0.15, 0.2) is 24.3 Å². The largest absolute Gasteiger partial charge is 0.424 e. The van der Waals surface area contributed by atoms with Gasteiger partial charge in [-0.25, -0.2) is 4.57 Å². The van der Waals surface area contributed by atoms with Gasteiger partial charge in [0.05, 0.1) is 0 Å². The highest BCUT2D eigenvalue weighted by atomic mass is 31.2. The lowest BCUT2D eigenvalue weighted by Crippen LogP contribution is -2.33. The fourth-order valence-corrected chi connectivity index (χ4v) is 4.02. The first-order valence-corrected chi connectivity index (χ1v) is 11.6. The Morgan fingerprint density at radius 1 is 1.04 bits per heavy atom. The molecule has 0 aliphatic rings. The van der Waals surface area contributed by atoms with Gasteiger partial charge < -0.3 is 14.3 Å². The second-order valence-electron chi connectivity index (χ2n) is 6.58. The molecule has 0 aliphatic heterocycles. The first-order chi connectivity index (χ1) is 12.4. The Labute approximate surface area is 158 Å². The van der Waals surface area contributed by atoms with Crippen molar-refractivity contribution in [2.45, 2.75) is 65.7 Å². The second kappa shape index (κ2) is 12.1. The summed E-state index contributed by atoms with van der Waals surface area (Å²) in [6.45, 7) is 6.93. The third-order valence-corrected chi connectivity index (χ3v) is 5.62. The Bertz CT molecular complexity index is 587. The predicted octanol–water partition coefficient (Wildman–Crippen LogP) is 5.02. The second-order valence-corrected chi connectivity index (χ2v) is 8.35. The van der Waals surface area contributed by atoms with Crippen molar-refractivity contribution in [3.8, 4) is 5.75 Å². The summed E-state index contributed by atoms with van der Waals surface area (Å²) in [6.07, 6.45) is 7.47. The van der Waals surface area contributed by atoms with Gasteiger partial charge >= 0.3 is 7.60 Å². The number of carbonyl (C=O) groups excluding carboxylic acids is 1. The quantitative estimate of drug-likeness (QED) is 0.383. The number of benzene rings is 1. The lowest BCUT2D eigenvalue weighted by molar-refractivity contribution is -0.128. The molecule has 1 aromatic rings. The highest BCUT2D eigenvalue weighted by Gasteiger charge is 2.28. The summed E-state index contributed by atoms with van der Waals surface area (Å²) in [5.41, 5.74) is 0.924. The Morgan fingerprint density at radius 3 is 2.31 bits per heavy atom. The van der Waals surface area contributed by atoms with Gasteiger partial charge in [-0.2, -0.15) is 0 Å². The Kier molecular flexibility index (Phi) is 10.6. The topological polar surface area (TPSA) is 66.8 Å². The van der Waals surface area contributed by atoms with Crippen LogP contribution >= 0.6 is 7.60 Å². The van der Waals surface area contributed by atoms with Gasteiger partial charge in [0.1, 0.15) is 11.9 Å². The van der Waals surface area contributed by atoms with Gasteiger partial charge in [-0.05, 0) is 38.3 Å². The molecule has 26 heavy (non-hydrogen) atoms. The molecule has 1 rings (SSSR count). The molecule has 5 nitrogen and oxygen atoms in total. The van der Waals surface area contributed by atoms with E-state index < -0.39 is 13.8 Å². The molecular formula is C20H34NO4P. The molecule has 6 heteroatoms. The number of rotatable bonds is 13. The number of aryl methyl sites for hydroxylation is 1. The fraction of sp³-hybridized carbons (Fsp3) is 0.650. The number of amides is 1. The van der Waals surface area contributed by atoms with Crippen LogP contribution < -0.4 is 4.52 Å². The first kappa shape index (κ1) is 22.7. The molecule has 0 aromatic heterocycles. The number of para-hydroxylation sites is 1. The summed E-state index contributed by atoms with van der Waals surface area (Å²) in [7, 11) is -4.02. The minimum absolute atomic E-state index is 0.353. The summed E-state index contributed by atoms with van der Waals surface area (Å²) in [4.78, 5) is 23.8. The average Bonchev–Trinajstić information content (AvgIpc) is 2.59. The summed E-state index contributed by atoms with van der Waals surface area (Å²) >= 11 is 0. The number of nitrogens with zero attached hydrogens (tertiary/aromatic N) is 1. The van der Waals surface area contributed by atoms with Crippen molar-refractivity contribution in [1.29, 1.82) is 0 Å². The molecule has 148 valence electrons. The minimum Gasteiger partial charge on any atom is -0.424 e. The maximum atomic E-state index is 12.4. The molecule has 0 radical (unpaired) electrons. The number of carbonyl (C=O) groups is 1. The van der Waals surface area contributed by atoms with Crippen LogP contribution in [0.2, 0.25) is 0 Å². The van der Waals surface area contributed by atoms with Crippen molar-refractivity contribution >= 4 is 13.5 Å². The smallest absolute Gasteiger partial charge is 0.386 e. The normalized spacial score (nSPS) is 13.2. The molecule has 0 aliphatic carbocycles.